The largest absolute Gasteiger partial charge is 0.472 e. The van der Waals surface area contributed by atoms with Crippen LogP contribution in [0.1, 0.15) is 194 Å². The summed E-state index contributed by atoms with van der Waals surface area (Å²) in [5, 5.41) is 12.7. The monoisotopic (exact) mass is 874 g/mol. The van der Waals surface area contributed by atoms with E-state index in [0.29, 0.717) is 12.8 Å². The van der Waals surface area contributed by atoms with Crippen LogP contribution in [0.15, 0.2) is 85.1 Å². The van der Waals surface area contributed by atoms with E-state index < -0.39 is 26.5 Å². The van der Waals surface area contributed by atoms with Gasteiger partial charge in [0.25, 0.3) is 0 Å². The highest BCUT2D eigenvalue weighted by molar-refractivity contribution is 7.47. The van der Waals surface area contributed by atoms with Gasteiger partial charge in [0, 0.05) is 19.4 Å². The minimum absolute atomic E-state index is 0.0691. The lowest BCUT2D eigenvalue weighted by Gasteiger charge is -2.15. The van der Waals surface area contributed by atoms with Crippen LogP contribution in [0.2, 0.25) is 0 Å². The van der Waals surface area contributed by atoms with Crippen molar-refractivity contribution in [2.75, 3.05) is 26.4 Å². The number of ether oxygens (including phenoxy) is 1. The van der Waals surface area contributed by atoms with Gasteiger partial charge in [0.1, 0.15) is 12.7 Å². The van der Waals surface area contributed by atoms with Gasteiger partial charge in [0.05, 0.1) is 13.2 Å². The van der Waals surface area contributed by atoms with Crippen molar-refractivity contribution in [1.82, 2.24) is 5.32 Å². The molecule has 0 aliphatic heterocycles. The first-order valence-corrected chi connectivity index (χ1v) is 25.6. The zero-order valence-corrected chi connectivity index (χ0v) is 39.5. The molecule has 0 radical (unpaired) electrons. The molecule has 0 aliphatic carbocycles. The number of hydrogen-bond donors (Lipinski definition) is 3. The lowest BCUT2D eigenvalue weighted by molar-refractivity contribution is -0.147. The smallest absolute Gasteiger partial charge is 0.463 e. The summed E-state index contributed by atoms with van der Waals surface area (Å²) >= 11 is 0. The number of rotatable bonds is 44. The molecule has 0 aromatic heterocycles. The molecule has 0 saturated heterocycles. The number of aliphatic hydroxyl groups is 1. The van der Waals surface area contributed by atoms with Crippen molar-refractivity contribution >= 4 is 19.7 Å². The minimum atomic E-state index is -4.44. The van der Waals surface area contributed by atoms with Gasteiger partial charge >= 0.3 is 13.8 Å². The van der Waals surface area contributed by atoms with Crippen LogP contribution < -0.4 is 5.32 Å². The van der Waals surface area contributed by atoms with E-state index in [-0.39, 0.29) is 32.1 Å². The Labute approximate surface area is 373 Å². The van der Waals surface area contributed by atoms with Crippen LogP contribution in [-0.4, -0.2) is 54.3 Å². The Balaban J connectivity index is 3.67. The third kappa shape index (κ3) is 48.1. The molecule has 0 aromatic carbocycles. The maximum Gasteiger partial charge on any atom is 0.472 e. The molecular weight excluding hydrogens is 786 g/mol. The molecule has 1 amide bonds. The molecule has 0 bridgehead atoms. The van der Waals surface area contributed by atoms with Crippen molar-refractivity contribution in [2.45, 2.75) is 200 Å². The van der Waals surface area contributed by atoms with Crippen LogP contribution in [0.3, 0.4) is 0 Å². The van der Waals surface area contributed by atoms with Crippen molar-refractivity contribution in [3.63, 3.8) is 0 Å². The Morgan fingerprint density at radius 1 is 0.525 bits per heavy atom. The number of nitrogens with one attached hydrogen (secondary N) is 1. The van der Waals surface area contributed by atoms with Crippen LogP contribution in [0.4, 0.5) is 0 Å². The first-order valence-electron chi connectivity index (χ1n) is 24.1. The quantitative estimate of drug-likeness (QED) is 0.0239. The number of allylic oxidation sites excluding steroid dienone is 14. The van der Waals surface area contributed by atoms with E-state index in [1.54, 1.807) is 0 Å². The van der Waals surface area contributed by atoms with E-state index in [4.69, 9.17) is 13.8 Å². The lowest BCUT2D eigenvalue weighted by atomic mass is 10.0. The topological polar surface area (TPSA) is 131 Å². The number of carbonyl (C=O) groups excluding carboxylic acids is 2. The summed E-state index contributed by atoms with van der Waals surface area (Å²) in [6.07, 6.45) is 59.6. The Kier molecular flexibility index (Phi) is 44.5. The molecule has 350 valence electrons. The molecule has 9 nitrogen and oxygen atoms in total. The van der Waals surface area contributed by atoms with Gasteiger partial charge in [-0.1, -0.05) is 189 Å². The van der Waals surface area contributed by atoms with E-state index in [9.17, 15) is 24.2 Å². The molecule has 0 aromatic rings. The minimum Gasteiger partial charge on any atom is -0.463 e. The van der Waals surface area contributed by atoms with Gasteiger partial charge in [0.15, 0.2) is 0 Å². The molecular formula is C51H88NO8P. The SMILES string of the molecule is CC/C=C\C/C=C\C/C=C\C/C=C\C/C=C\C/C=C\CCC(=O)OCC(O)COP(=O)(O)OCCNC(=O)CCCCCCCCCCCCC/C=C/CCCCCCCC. The standard InChI is InChI=1S/C51H88NO8P/c1-3-5-7-9-11-13-15-17-19-21-23-24-26-27-29-31-33-35-37-39-41-43-50(54)52-45-46-59-61(56,57)60-48-49(53)47-58-51(55)44-42-40-38-36-34-32-30-28-25-22-20-18-16-14-12-10-8-6-4-2/h6,8,12,14,17-20,25,28,32,34,38,40,49,53H,3-5,7,9-11,13,15-16,21-24,26-27,29-31,33,35-37,39,41-48H2,1-2H3,(H,52,54)(H,56,57)/b8-6-,14-12-,19-17+,20-18-,28-25-,34-32-,40-38-. The molecule has 3 N–H and O–H groups in total. The second-order valence-corrected chi connectivity index (χ2v) is 17.1. The van der Waals surface area contributed by atoms with Crippen LogP contribution in [-0.2, 0) is 27.9 Å². The van der Waals surface area contributed by atoms with Gasteiger partial charge in [-0.3, -0.25) is 18.6 Å². The molecule has 61 heavy (non-hydrogen) atoms. The van der Waals surface area contributed by atoms with Crippen molar-refractivity contribution in [3.05, 3.63) is 85.1 Å². The van der Waals surface area contributed by atoms with Gasteiger partial charge in [-0.2, -0.15) is 0 Å². The molecule has 2 unspecified atom stereocenters. The van der Waals surface area contributed by atoms with E-state index in [0.717, 1.165) is 57.8 Å². The average Bonchev–Trinajstić information content (AvgIpc) is 3.25. The summed E-state index contributed by atoms with van der Waals surface area (Å²) in [4.78, 5) is 34.0. The molecule has 2 atom stereocenters. The number of aliphatic hydroxyl groups excluding tert-OH is 1. The summed E-state index contributed by atoms with van der Waals surface area (Å²) in [5.74, 6) is -0.606. The molecule has 0 saturated carbocycles. The first-order chi connectivity index (χ1) is 29.8. The highest BCUT2D eigenvalue weighted by atomic mass is 31.2. The van der Waals surface area contributed by atoms with Crippen LogP contribution >= 0.6 is 7.82 Å². The van der Waals surface area contributed by atoms with Crippen molar-refractivity contribution in [3.8, 4) is 0 Å². The normalized spacial score (nSPS) is 14.0. The molecule has 10 heteroatoms. The number of phosphoric acid groups is 1. The van der Waals surface area contributed by atoms with E-state index in [2.05, 4.69) is 92.1 Å². The Bertz CT molecular complexity index is 1270. The van der Waals surface area contributed by atoms with Crippen LogP contribution in [0.25, 0.3) is 0 Å². The molecule has 0 heterocycles. The predicted molar refractivity (Wildman–Crippen MR) is 256 cm³/mol. The number of unbranched alkanes of at least 4 members (excludes halogenated alkanes) is 17. The lowest BCUT2D eigenvalue weighted by Crippen LogP contribution is -2.27. The fraction of sp³-hybridized carbons (Fsp3) is 0.686. The molecule has 0 rings (SSSR count). The third-order valence-electron chi connectivity index (χ3n) is 9.82. The Morgan fingerprint density at radius 2 is 0.951 bits per heavy atom. The van der Waals surface area contributed by atoms with Crippen LogP contribution in [0, 0.1) is 0 Å². The number of esters is 1. The highest BCUT2D eigenvalue weighted by Crippen LogP contribution is 2.42. The zero-order chi connectivity index (χ0) is 44.6. The van der Waals surface area contributed by atoms with Gasteiger partial charge < -0.3 is 20.1 Å². The van der Waals surface area contributed by atoms with Crippen molar-refractivity contribution in [2.24, 2.45) is 0 Å². The fourth-order valence-electron chi connectivity index (χ4n) is 6.22. The number of amides is 1. The van der Waals surface area contributed by atoms with Crippen LogP contribution in [0.5, 0.6) is 0 Å². The summed E-state index contributed by atoms with van der Waals surface area (Å²) in [7, 11) is -4.44. The van der Waals surface area contributed by atoms with Gasteiger partial charge in [-0.25, -0.2) is 4.57 Å². The van der Waals surface area contributed by atoms with E-state index >= 15 is 0 Å². The van der Waals surface area contributed by atoms with E-state index in [1.807, 2.05) is 12.2 Å². The summed E-state index contributed by atoms with van der Waals surface area (Å²) in [5.41, 5.74) is 0. The van der Waals surface area contributed by atoms with Gasteiger partial charge in [0.2, 0.25) is 5.91 Å². The number of phosphoric ester groups is 1. The number of hydrogen-bond acceptors (Lipinski definition) is 7. The van der Waals surface area contributed by atoms with Gasteiger partial charge in [-0.05, 0) is 77.0 Å². The summed E-state index contributed by atoms with van der Waals surface area (Å²) < 4.78 is 26.9. The van der Waals surface area contributed by atoms with Crippen molar-refractivity contribution in [1.29, 1.82) is 0 Å². The molecule has 0 fully saturated rings. The fourth-order valence-corrected chi connectivity index (χ4v) is 6.98. The van der Waals surface area contributed by atoms with E-state index in [1.165, 1.54) is 103 Å². The van der Waals surface area contributed by atoms with Crippen molar-refractivity contribution < 1.29 is 37.9 Å². The Hall–Kier alpha value is -2.81. The third-order valence-corrected chi connectivity index (χ3v) is 10.8. The predicted octanol–water partition coefficient (Wildman–Crippen LogP) is 14.0. The average molecular weight is 874 g/mol. The maximum atomic E-state index is 12.1. The second kappa shape index (κ2) is 46.7. The highest BCUT2D eigenvalue weighted by Gasteiger charge is 2.23. The Morgan fingerprint density at radius 3 is 1.44 bits per heavy atom. The maximum absolute atomic E-state index is 12.1. The summed E-state index contributed by atoms with van der Waals surface area (Å²) in [6, 6.07) is 0. The first kappa shape index (κ1) is 58.2. The summed E-state index contributed by atoms with van der Waals surface area (Å²) in [6.45, 7) is 3.35. The number of carbonyl (C=O) groups is 2. The molecule has 0 aliphatic rings. The second-order valence-electron chi connectivity index (χ2n) is 15.7. The van der Waals surface area contributed by atoms with Gasteiger partial charge in [-0.15, -0.1) is 0 Å². The zero-order valence-electron chi connectivity index (χ0n) is 38.6. The molecule has 0 spiro atoms.